The van der Waals surface area contributed by atoms with Crippen molar-refractivity contribution in [3.63, 3.8) is 0 Å². The lowest BCUT2D eigenvalue weighted by molar-refractivity contribution is -0.126. The van der Waals surface area contributed by atoms with E-state index in [1.807, 2.05) is 6.07 Å². The Bertz CT molecular complexity index is 1070. The predicted molar refractivity (Wildman–Crippen MR) is 136 cm³/mol. The van der Waals surface area contributed by atoms with E-state index in [4.69, 9.17) is 11.6 Å². The molecule has 0 aliphatic carbocycles. The summed E-state index contributed by atoms with van der Waals surface area (Å²) < 4.78 is 27.4. The number of amides is 1. The van der Waals surface area contributed by atoms with Crippen LogP contribution in [0, 0.1) is 5.92 Å². The Morgan fingerprint density at radius 3 is 2.38 bits per heavy atom. The van der Waals surface area contributed by atoms with Gasteiger partial charge < -0.3 is 5.32 Å². The third kappa shape index (κ3) is 6.81. The van der Waals surface area contributed by atoms with Crippen molar-refractivity contribution < 1.29 is 13.2 Å². The number of halogens is 1. The fraction of sp³-hybridized carbons (Fsp3) is 0.500. The van der Waals surface area contributed by atoms with Crippen molar-refractivity contribution >= 4 is 27.5 Å². The lowest BCUT2D eigenvalue weighted by atomic mass is 9.98. The van der Waals surface area contributed by atoms with Crippen LogP contribution >= 0.6 is 11.6 Å². The number of nitrogens with zero attached hydrogens (tertiary/aromatic N) is 2. The van der Waals surface area contributed by atoms with Gasteiger partial charge in [-0.2, -0.15) is 0 Å². The molecular formula is C26H34ClN3O3S. The average molecular weight is 504 g/mol. The van der Waals surface area contributed by atoms with Gasteiger partial charge >= 0.3 is 0 Å². The predicted octanol–water partition coefficient (Wildman–Crippen LogP) is 4.18. The first kappa shape index (κ1) is 25.2. The molecule has 1 amide bonds. The van der Waals surface area contributed by atoms with Gasteiger partial charge in [0, 0.05) is 31.2 Å². The molecule has 1 N–H and O–H groups in total. The van der Waals surface area contributed by atoms with E-state index in [1.54, 1.807) is 24.3 Å². The molecule has 2 aromatic rings. The molecule has 8 heteroatoms. The number of carbonyl (C=O) groups excluding carboxylic acids is 1. The molecule has 2 aliphatic heterocycles. The number of hydrogen-bond donors (Lipinski definition) is 1. The molecular weight excluding hydrogens is 470 g/mol. The van der Waals surface area contributed by atoms with Crippen molar-refractivity contribution in [3.05, 3.63) is 70.2 Å². The first-order valence-electron chi connectivity index (χ1n) is 12.2. The monoisotopic (exact) mass is 503 g/mol. The maximum absolute atomic E-state index is 13.0. The largest absolute Gasteiger partial charge is 0.352 e. The number of hydrogen-bond acceptors (Lipinski definition) is 4. The van der Waals surface area contributed by atoms with Crippen LogP contribution in [0.4, 0.5) is 0 Å². The van der Waals surface area contributed by atoms with Crippen molar-refractivity contribution in [2.45, 2.75) is 50.9 Å². The zero-order valence-corrected chi connectivity index (χ0v) is 21.2. The van der Waals surface area contributed by atoms with Crippen molar-refractivity contribution in [3.8, 4) is 0 Å². The summed E-state index contributed by atoms with van der Waals surface area (Å²) in [5.74, 6) is -0.482. The minimum Gasteiger partial charge on any atom is -0.352 e. The molecule has 4 rings (SSSR count). The third-order valence-electron chi connectivity index (χ3n) is 6.82. The molecule has 1 atom stereocenters. The Morgan fingerprint density at radius 1 is 0.941 bits per heavy atom. The highest BCUT2D eigenvalue weighted by Crippen LogP contribution is 2.23. The highest BCUT2D eigenvalue weighted by atomic mass is 35.5. The number of carbonyl (C=O) groups is 1. The SMILES string of the molecule is O=C(NCc1ccccc1CN1CCCCC1)C1CCCN(S(=O)(=O)Cc2ccc(Cl)cc2)C1. The Labute approximate surface area is 208 Å². The van der Waals surface area contributed by atoms with E-state index in [9.17, 15) is 13.2 Å². The smallest absolute Gasteiger partial charge is 0.224 e. The average Bonchev–Trinajstić information content (AvgIpc) is 2.85. The van der Waals surface area contributed by atoms with Gasteiger partial charge in [-0.05, 0) is 67.6 Å². The number of sulfonamides is 1. The Balaban J connectivity index is 1.33. The van der Waals surface area contributed by atoms with E-state index in [0.717, 1.165) is 25.2 Å². The second kappa shape index (κ2) is 11.7. The van der Waals surface area contributed by atoms with Gasteiger partial charge in [0.1, 0.15) is 0 Å². The highest BCUT2D eigenvalue weighted by Gasteiger charge is 2.32. The number of piperidine rings is 2. The van der Waals surface area contributed by atoms with Crippen LogP contribution in [0.15, 0.2) is 48.5 Å². The van der Waals surface area contributed by atoms with Gasteiger partial charge in [-0.3, -0.25) is 9.69 Å². The van der Waals surface area contributed by atoms with Crippen LogP contribution in [0.25, 0.3) is 0 Å². The molecule has 2 aromatic carbocycles. The maximum Gasteiger partial charge on any atom is 0.224 e. The highest BCUT2D eigenvalue weighted by molar-refractivity contribution is 7.88. The van der Waals surface area contributed by atoms with Crippen LogP contribution in [-0.2, 0) is 33.7 Å². The van der Waals surface area contributed by atoms with E-state index in [0.29, 0.717) is 36.5 Å². The first-order valence-corrected chi connectivity index (χ1v) is 14.2. The molecule has 0 bridgehead atoms. The summed E-state index contributed by atoms with van der Waals surface area (Å²) in [6.45, 7) is 4.32. The number of likely N-dealkylation sites (tertiary alicyclic amines) is 1. The van der Waals surface area contributed by atoms with E-state index in [1.165, 1.54) is 29.1 Å². The molecule has 1 unspecified atom stereocenters. The summed E-state index contributed by atoms with van der Waals surface area (Å²) in [5, 5.41) is 3.66. The zero-order valence-electron chi connectivity index (χ0n) is 19.6. The lowest BCUT2D eigenvalue weighted by Gasteiger charge is -2.31. The van der Waals surface area contributed by atoms with Crippen LogP contribution in [0.3, 0.4) is 0 Å². The van der Waals surface area contributed by atoms with E-state index in [2.05, 4.69) is 28.4 Å². The summed E-state index contributed by atoms with van der Waals surface area (Å²) in [6, 6.07) is 15.1. The van der Waals surface area contributed by atoms with Gasteiger partial charge in [0.2, 0.25) is 15.9 Å². The quantitative estimate of drug-likeness (QED) is 0.586. The maximum atomic E-state index is 13.0. The molecule has 2 saturated heterocycles. The number of nitrogens with one attached hydrogen (secondary N) is 1. The normalized spacial score (nSPS) is 20.2. The molecule has 0 aromatic heterocycles. The number of benzene rings is 2. The summed E-state index contributed by atoms with van der Waals surface area (Å²) in [4.78, 5) is 15.5. The number of rotatable bonds is 8. The van der Waals surface area contributed by atoms with Gasteiger partial charge in [-0.25, -0.2) is 12.7 Å². The molecule has 6 nitrogen and oxygen atoms in total. The minimum atomic E-state index is -3.50. The Hall–Kier alpha value is -1.93. The topological polar surface area (TPSA) is 69.7 Å². The molecule has 34 heavy (non-hydrogen) atoms. The second-order valence-electron chi connectivity index (χ2n) is 9.40. The summed E-state index contributed by atoms with van der Waals surface area (Å²) in [7, 11) is -3.50. The second-order valence-corrected chi connectivity index (χ2v) is 11.8. The fourth-order valence-corrected chi connectivity index (χ4v) is 6.60. The Kier molecular flexibility index (Phi) is 8.64. The van der Waals surface area contributed by atoms with Crippen molar-refractivity contribution in [1.82, 2.24) is 14.5 Å². The molecule has 2 fully saturated rings. The molecule has 2 aliphatic rings. The lowest BCUT2D eigenvalue weighted by Crippen LogP contribution is -2.45. The van der Waals surface area contributed by atoms with Crippen molar-refractivity contribution in [1.29, 1.82) is 0 Å². The zero-order chi connectivity index (χ0) is 24.0. The molecule has 0 spiro atoms. The van der Waals surface area contributed by atoms with Gasteiger partial charge in [-0.1, -0.05) is 54.4 Å². The third-order valence-corrected chi connectivity index (χ3v) is 8.89. The van der Waals surface area contributed by atoms with Crippen molar-refractivity contribution in [2.24, 2.45) is 5.92 Å². The van der Waals surface area contributed by atoms with Crippen LogP contribution in [0.5, 0.6) is 0 Å². The van der Waals surface area contributed by atoms with Gasteiger partial charge in [0.25, 0.3) is 0 Å². The summed E-state index contributed by atoms with van der Waals surface area (Å²) >= 11 is 5.91. The van der Waals surface area contributed by atoms with Crippen LogP contribution < -0.4 is 5.32 Å². The van der Waals surface area contributed by atoms with E-state index >= 15 is 0 Å². The van der Waals surface area contributed by atoms with E-state index < -0.39 is 10.0 Å². The summed E-state index contributed by atoms with van der Waals surface area (Å²) in [6.07, 6.45) is 5.19. The fourth-order valence-electron chi connectivity index (χ4n) is 4.86. The van der Waals surface area contributed by atoms with Crippen LogP contribution in [0.2, 0.25) is 5.02 Å². The van der Waals surface area contributed by atoms with Crippen molar-refractivity contribution in [2.75, 3.05) is 26.2 Å². The van der Waals surface area contributed by atoms with Crippen LogP contribution in [-0.4, -0.2) is 49.7 Å². The molecule has 2 heterocycles. The molecule has 0 radical (unpaired) electrons. The Morgan fingerprint density at radius 2 is 1.65 bits per heavy atom. The van der Waals surface area contributed by atoms with E-state index in [-0.39, 0.29) is 24.1 Å². The van der Waals surface area contributed by atoms with Crippen LogP contribution in [0.1, 0.15) is 48.8 Å². The standard InChI is InChI=1S/C26H34ClN3O3S/c27-25-12-10-21(11-13-25)20-34(32,33)30-16-6-9-24(19-30)26(31)28-17-22-7-2-3-8-23(22)18-29-14-4-1-5-15-29/h2-3,7-8,10-13,24H,1,4-6,9,14-20H2,(H,28,31). The van der Waals surface area contributed by atoms with Gasteiger partial charge in [-0.15, -0.1) is 0 Å². The van der Waals surface area contributed by atoms with Gasteiger partial charge in [0.15, 0.2) is 0 Å². The first-order chi connectivity index (χ1) is 16.4. The minimum absolute atomic E-state index is 0.0702. The molecule has 184 valence electrons. The molecule has 0 saturated carbocycles. The summed E-state index contributed by atoms with van der Waals surface area (Å²) in [5.41, 5.74) is 3.08. The van der Waals surface area contributed by atoms with Gasteiger partial charge in [0.05, 0.1) is 11.7 Å².